The second-order valence-corrected chi connectivity index (χ2v) is 8.00. The van der Waals surface area contributed by atoms with Gasteiger partial charge in [0.2, 0.25) is 0 Å². The molecular weight excluding hydrogens is 402 g/mol. The first-order valence-electron chi connectivity index (χ1n) is 6.81. The number of carbonyl (C=O) groups is 1. The monoisotopic (exact) mass is 413 g/mol. The highest BCUT2D eigenvalue weighted by atomic mass is 79.9. The molecule has 0 amide bonds. The lowest BCUT2D eigenvalue weighted by atomic mass is 10.1. The number of phenolic OH excluding ortho intramolecular Hbond substituents is 1. The van der Waals surface area contributed by atoms with E-state index in [9.17, 15) is 15.0 Å². The van der Waals surface area contributed by atoms with E-state index in [1.165, 1.54) is 0 Å². The number of nitrogens with zero attached hydrogens (tertiary/aromatic N) is 1. The Balaban J connectivity index is 2.21. The van der Waals surface area contributed by atoms with E-state index < -0.39 is 5.97 Å². The van der Waals surface area contributed by atoms with Gasteiger partial charge in [-0.1, -0.05) is 11.6 Å². The average Bonchev–Trinajstić information content (AvgIpc) is 2.98. The molecule has 0 aliphatic carbocycles. The average molecular weight is 415 g/mol. The summed E-state index contributed by atoms with van der Waals surface area (Å²) in [5.74, 6) is -0.943. The SMILES string of the molecule is Cc1c(CC(=O)O)c2cc(O)c(Cl)cc2n1Cc1csc(Br)c1. The molecule has 0 bridgehead atoms. The fourth-order valence-electron chi connectivity index (χ4n) is 2.74. The Morgan fingerprint density at radius 2 is 2.13 bits per heavy atom. The minimum absolute atomic E-state index is 0.0405. The van der Waals surface area contributed by atoms with E-state index in [4.69, 9.17) is 11.6 Å². The van der Waals surface area contributed by atoms with E-state index in [0.717, 1.165) is 25.9 Å². The normalized spacial score (nSPS) is 11.3. The maximum Gasteiger partial charge on any atom is 0.307 e. The summed E-state index contributed by atoms with van der Waals surface area (Å²) in [6.07, 6.45) is -0.0935. The van der Waals surface area contributed by atoms with Crippen molar-refractivity contribution in [2.45, 2.75) is 19.9 Å². The Kier molecular flexibility index (Phi) is 4.40. The Labute approximate surface area is 150 Å². The van der Waals surface area contributed by atoms with Crippen LogP contribution in [0, 0.1) is 6.92 Å². The number of aliphatic carboxylic acids is 1. The fraction of sp³-hybridized carbons (Fsp3) is 0.188. The smallest absolute Gasteiger partial charge is 0.307 e. The molecule has 7 heteroatoms. The summed E-state index contributed by atoms with van der Waals surface area (Å²) in [6, 6.07) is 5.27. The van der Waals surface area contributed by atoms with Crippen LogP contribution in [0.5, 0.6) is 5.75 Å². The molecule has 23 heavy (non-hydrogen) atoms. The quantitative estimate of drug-likeness (QED) is 0.644. The van der Waals surface area contributed by atoms with Crippen molar-refractivity contribution in [1.82, 2.24) is 4.57 Å². The molecule has 2 aromatic heterocycles. The first-order valence-corrected chi connectivity index (χ1v) is 8.86. The van der Waals surface area contributed by atoms with Gasteiger partial charge in [-0.05, 0) is 57.6 Å². The van der Waals surface area contributed by atoms with Crippen molar-refractivity contribution in [3.63, 3.8) is 0 Å². The Bertz CT molecular complexity index is 916. The van der Waals surface area contributed by atoms with Gasteiger partial charge in [-0.2, -0.15) is 0 Å². The zero-order valence-electron chi connectivity index (χ0n) is 12.1. The Hall–Kier alpha value is -1.50. The number of hydrogen-bond acceptors (Lipinski definition) is 3. The highest BCUT2D eigenvalue weighted by molar-refractivity contribution is 9.11. The van der Waals surface area contributed by atoms with Gasteiger partial charge < -0.3 is 14.8 Å². The second-order valence-electron chi connectivity index (χ2n) is 5.30. The maximum absolute atomic E-state index is 11.2. The lowest BCUT2D eigenvalue weighted by molar-refractivity contribution is -0.136. The van der Waals surface area contributed by atoms with Crippen LogP contribution in [0.1, 0.15) is 16.8 Å². The van der Waals surface area contributed by atoms with Gasteiger partial charge in [-0.15, -0.1) is 11.3 Å². The third-order valence-electron chi connectivity index (χ3n) is 3.81. The molecule has 0 aliphatic heterocycles. The van der Waals surface area contributed by atoms with Crippen LogP contribution in [0.25, 0.3) is 10.9 Å². The molecule has 120 valence electrons. The summed E-state index contributed by atoms with van der Waals surface area (Å²) >= 11 is 11.1. The van der Waals surface area contributed by atoms with Crippen LogP contribution in [0.4, 0.5) is 0 Å². The molecule has 3 rings (SSSR count). The molecular formula is C16H13BrClNO3S. The van der Waals surface area contributed by atoms with Crippen molar-refractivity contribution in [3.8, 4) is 5.75 Å². The van der Waals surface area contributed by atoms with E-state index in [1.54, 1.807) is 23.5 Å². The van der Waals surface area contributed by atoms with E-state index in [0.29, 0.717) is 12.1 Å². The third-order valence-corrected chi connectivity index (χ3v) is 5.67. The predicted octanol–water partition coefficient (Wildman–Crippen LogP) is 4.81. The molecule has 0 fully saturated rings. The summed E-state index contributed by atoms with van der Waals surface area (Å²) in [6.45, 7) is 2.51. The lowest BCUT2D eigenvalue weighted by Gasteiger charge is -2.08. The van der Waals surface area contributed by atoms with Crippen LogP contribution in [-0.4, -0.2) is 20.7 Å². The zero-order chi connectivity index (χ0) is 16.7. The lowest BCUT2D eigenvalue weighted by Crippen LogP contribution is -2.04. The highest BCUT2D eigenvalue weighted by Gasteiger charge is 2.18. The number of benzene rings is 1. The number of fused-ring (bicyclic) bond motifs is 1. The molecule has 4 nitrogen and oxygen atoms in total. The molecule has 0 spiro atoms. The number of hydrogen-bond donors (Lipinski definition) is 2. The number of halogens is 2. The van der Waals surface area contributed by atoms with Gasteiger partial charge in [0.25, 0.3) is 0 Å². The molecule has 0 saturated carbocycles. The largest absolute Gasteiger partial charge is 0.506 e. The highest BCUT2D eigenvalue weighted by Crippen LogP contribution is 2.35. The number of aromatic hydroxyl groups is 1. The molecule has 2 N–H and O–H groups in total. The van der Waals surface area contributed by atoms with Crippen molar-refractivity contribution < 1.29 is 15.0 Å². The molecule has 3 aromatic rings. The van der Waals surface area contributed by atoms with Gasteiger partial charge in [0.05, 0.1) is 20.7 Å². The van der Waals surface area contributed by atoms with Crippen molar-refractivity contribution in [2.75, 3.05) is 0 Å². The minimum Gasteiger partial charge on any atom is -0.506 e. The van der Waals surface area contributed by atoms with Crippen LogP contribution >= 0.6 is 38.9 Å². The molecule has 0 radical (unpaired) electrons. The van der Waals surface area contributed by atoms with Gasteiger partial charge in [0.1, 0.15) is 5.75 Å². The summed E-state index contributed by atoms with van der Waals surface area (Å²) in [7, 11) is 0. The van der Waals surface area contributed by atoms with Crippen molar-refractivity contribution in [1.29, 1.82) is 0 Å². The van der Waals surface area contributed by atoms with Gasteiger partial charge in [-0.25, -0.2) is 0 Å². The maximum atomic E-state index is 11.2. The number of carboxylic acids is 1. The summed E-state index contributed by atoms with van der Waals surface area (Å²) in [5.41, 5.74) is 3.51. The van der Waals surface area contributed by atoms with E-state index >= 15 is 0 Å². The topological polar surface area (TPSA) is 62.5 Å². The van der Waals surface area contributed by atoms with Gasteiger partial charge in [0, 0.05) is 17.6 Å². The number of carboxylic acid groups (broad SMARTS) is 1. The molecule has 0 atom stereocenters. The number of rotatable bonds is 4. The molecule has 1 aromatic carbocycles. The first kappa shape index (κ1) is 16.4. The van der Waals surface area contributed by atoms with E-state index in [-0.39, 0.29) is 17.2 Å². The van der Waals surface area contributed by atoms with Crippen molar-refractivity contribution >= 4 is 55.7 Å². The molecule has 0 aliphatic rings. The van der Waals surface area contributed by atoms with Crippen LogP contribution < -0.4 is 0 Å². The molecule has 0 unspecified atom stereocenters. The minimum atomic E-state index is -0.903. The van der Waals surface area contributed by atoms with Gasteiger partial charge >= 0.3 is 5.97 Å². The predicted molar refractivity (Wildman–Crippen MR) is 95.8 cm³/mol. The standard InChI is InChI=1S/C16H13BrClNO3S/c1-8-10(4-16(21)22)11-3-14(20)12(18)5-13(11)19(8)6-9-2-15(17)23-7-9/h2-3,5,7,20H,4,6H2,1H3,(H,21,22). The summed E-state index contributed by atoms with van der Waals surface area (Å²) < 4.78 is 3.08. The second kappa shape index (κ2) is 6.19. The number of thiophene rings is 1. The molecule has 2 heterocycles. The van der Waals surface area contributed by atoms with Crippen molar-refractivity contribution in [3.05, 3.63) is 49.2 Å². The fourth-order valence-corrected chi connectivity index (χ4v) is 4.10. The van der Waals surface area contributed by atoms with Crippen molar-refractivity contribution in [2.24, 2.45) is 0 Å². The van der Waals surface area contributed by atoms with Gasteiger partial charge in [0.15, 0.2) is 0 Å². The number of aromatic nitrogens is 1. The third kappa shape index (κ3) is 3.11. The zero-order valence-corrected chi connectivity index (χ0v) is 15.3. The van der Waals surface area contributed by atoms with E-state index in [1.807, 2.05) is 22.9 Å². The van der Waals surface area contributed by atoms with Crippen LogP contribution in [-0.2, 0) is 17.8 Å². The number of phenols is 1. The van der Waals surface area contributed by atoms with Gasteiger partial charge in [-0.3, -0.25) is 4.79 Å². The van der Waals surface area contributed by atoms with Crippen LogP contribution in [0.15, 0.2) is 27.4 Å². The first-order chi connectivity index (χ1) is 10.9. The van der Waals surface area contributed by atoms with Crippen LogP contribution in [0.3, 0.4) is 0 Å². The van der Waals surface area contributed by atoms with E-state index in [2.05, 4.69) is 15.9 Å². The summed E-state index contributed by atoms with van der Waals surface area (Å²) in [4.78, 5) is 11.2. The van der Waals surface area contributed by atoms with Crippen LogP contribution in [0.2, 0.25) is 5.02 Å². The molecule has 0 saturated heterocycles. The Morgan fingerprint density at radius 3 is 2.74 bits per heavy atom. The Morgan fingerprint density at radius 1 is 1.39 bits per heavy atom. The summed E-state index contributed by atoms with van der Waals surface area (Å²) in [5, 5.41) is 22.1.